The average Bonchev–Trinajstić information content (AvgIpc) is 2.64. The molecule has 0 saturated carbocycles. The van der Waals surface area contributed by atoms with Gasteiger partial charge in [0.05, 0.1) is 6.61 Å². The van der Waals surface area contributed by atoms with E-state index in [2.05, 4.69) is 9.51 Å². The first kappa shape index (κ1) is 19.6. The largest absolute Gasteiger partial charge is 2.00 e. The third-order valence-electron chi connectivity index (χ3n) is 2.82. The number of ether oxygens (including phenoxy) is 1. The second-order valence-corrected chi connectivity index (χ2v) is 5.46. The van der Waals surface area contributed by atoms with Gasteiger partial charge >= 0.3 is 33.0 Å². The molecule has 13 heteroatoms. The second kappa shape index (κ2) is 7.44. The Balaban J connectivity index is 0.00000242. The molecule has 1 unspecified atom stereocenters. The van der Waals surface area contributed by atoms with Crippen LogP contribution >= 0.6 is 7.82 Å². The number of phosphoric acid groups is 1. The minimum absolute atomic E-state index is 0. The van der Waals surface area contributed by atoms with Crippen molar-refractivity contribution in [1.82, 2.24) is 9.55 Å². The molecule has 11 nitrogen and oxygen atoms in total. The summed E-state index contributed by atoms with van der Waals surface area (Å²) in [7, 11) is -5.02. The maximum Gasteiger partial charge on any atom is 2.00 e. The fourth-order valence-corrected chi connectivity index (χ4v) is 2.19. The van der Waals surface area contributed by atoms with Crippen molar-refractivity contribution in [1.29, 1.82) is 0 Å². The molecule has 118 valence electrons. The molecule has 1 fully saturated rings. The molecule has 1 saturated heterocycles. The van der Waals surface area contributed by atoms with Crippen molar-refractivity contribution in [3.63, 3.8) is 0 Å². The predicted octanol–water partition coefficient (Wildman–Crippen LogP) is -3.59. The summed E-state index contributed by atoms with van der Waals surface area (Å²) in [5, 5.41) is 30.4. The Labute approximate surface area is 143 Å². The molecule has 1 aromatic heterocycles. The van der Waals surface area contributed by atoms with Crippen LogP contribution in [-0.2, 0) is 41.1 Å². The molecule has 0 amide bonds. The zero-order valence-corrected chi connectivity index (χ0v) is 15.9. The van der Waals surface area contributed by atoms with Crippen LogP contribution in [0.3, 0.4) is 0 Å². The molecule has 5 atom stereocenters. The molecule has 1 aliphatic heterocycles. The van der Waals surface area contributed by atoms with Crippen molar-refractivity contribution in [2.45, 2.75) is 24.5 Å². The Kier molecular flexibility index (Phi) is 6.64. The summed E-state index contributed by atoms with van der Waals surface area (Å²) in [5.74, 6) is -0.781. The van der Waals surface area contributed by atoms with Gasteiger partial charge in [-0.25, -0.2) is 9.78 Å². The van der Waals surface area contributed by atoms with Crippen LogP contribution in [0.5, 0.6) is 5.88 Å². The molecule has 0 spiro atoms. The van der Waals surface area contributed by atoms with Gasteiger partial charge < -0.3 is 34.4 Å². The summed E-state index contributed by atoms with van der Waals surface area (Å²) >= 11 is 0. The first-order valence-electron chi connectivity index (χ1n) is 5.65. The zero-order valence-electron chi connectivity index (χ0n) is 11.0. The van der Waals surface area contributed by atoms with Crippen LogP contribution in [0.4, 0.5) is 0 Å². The number of hydrogen-bond donors (Lipinski definition) is 3. The van der Waals surface area contributed by atoms with Crippen LogP contribution in [0, 0.1) is 0 Å². The molecule has 0 radical (unpaired) electrons. The Morgan fingerprint density at radius 2 is 2.09 bits per heavy atom. The van der Waals surface area contributed by atoms with Crippen LogP contribution in [0.15, 0.2) is 17.1 Å². The van der Waals surface area contributed by atoms with Crippen molar-refractivity contribution in [2.24, 2.45) is 0 Å². The maximum atomic E-state index is 11.5. The summed E-state index contributed by atoms with van der Waals surface area (Å²) in [6.45, 7) is -0.756. The van der Waals surface area contributed by atoms with Crippen molar-refractivity contribution in [3.8, 4) is 5.88 Å². The van der Waals surface area contributed by atoms with E-state index in [0.717, 1.165) is 16.8 Å². The molecule has 2 heterocycles. The van der Waals surface area contributed by atoms with Crippen molar-refractivity contribution in [3.05, 3.63) is 22.7 Å². The molecule has 0 aromatic carbocycles. The Morgan fingerprint density at radius 1 is 1.45 bits per heavy atom. The second-order valence-electron chi connectivity index (χ2n) is 4.27. The first-order valence-corrected chi connectivity index (χ1v) is 7.15. The maximum absolute atomic E-state index is 11.5. The van der Waals surface area contributed by atoms with Gasteiger partial charge in [-0.2, -0.15) is 0 Å². The number of hydrogen-bond acceptors (Lipinski definition) is 9. The number of aliphatic hydroxyl groups is 2. The van der Waals surface area contributed by atoms with E-state index in [1.807, 2.05) is 0 Å². The predicted molar refractivity (Wildman–Crippen MR) is 59.6 cm³/mol. The third kappa shape index (κ3) is 4.55. The first-order chi connectivity index (χ1) is 9.69. The van der Waals surface area contributed by atoms with E-state index in [0.29, 0.717) is 0 Å². The molecule has 1 aromatic rings. The van der Waals surface area contributed by atoms with Crippen LogP contribution in [0.2, 0.25) is 0 Å². The van der Waals surface area contributed by atoms with Gasteiger partial charge in [-0.05, 0) is 11.9 Å². The van der Waals surface area contributed by atoms with Gasteiger partial charge in [0.15, 0.2) is 6.23 Å². The number of nitrogens with zero attached hydrogens (tertiary/aromatic N) is 2. The minimum Gasteiger partial charge on any atom is -0.858 e. The molecule has 0 aliphatic carbocycles. The fourth-order valence-electron chi connectivity index (χ4n) is 1.86. The van der Waals surface area contributed by atoms with Gasteiger partial charge in [-0.1, -0.05) is 0 Å². The molecular formula is C9H11CdN2O9P. The Bertz CT molecular complexity index is 619. The molecular weight excluding hydrogens is 423 g/mol. The fraction of sp³-hybridized carbons (Fsp3) is 0.556. The average molecular weight is 435 g/mol. The third-order valence-corrected chi connectivity index (χ3v) is 3.29. The molecule has 3 N–H and O–H groups in total. The van der Waals surface area contributed by atoms with E-state index in [1.165, 1.54) is 0 Å². The number of phosphoric ester groups is 1. The molecule has 0 bridgehead atoms. The van der Waals surface area contributed by atoms with Gasteiger partial charge in [0.1, 0.15) is 18.3 Å². The van der Waals surface area contributed by atoms with E-state index in [9.17, 15) is 29.6 Å². The van der Waals surface area contributed by atoms with Gasteiger partial charge in [0.2, 0.25) is 0 Å². The Morgan fingerprint density at radius 3 is 2.64 bits per heavy atom. The summed E-state index contributed by atoms with van der Waals surface area (Å²) in [6, 6.07) is 0.952. The number of aliphatic hydroxyl groups excluding tert-OH is 2. The van der Waals surface area contributed by atoms with Crippen molar-refractivity contribution >= 4 is 7.82 Å². The van der Waals surface area contributed by atoms with Crippen LogP contribution in [0.25, 0.3) is 0 Å². The van der Waals surface area contributed by atoms with Crippen LogP contribution in [-0.4, -0.2) is 49.6 Å². The molecule has 2 rings (SSSR count). The zero-order chi connectivity index (χ0) is 15.8. The SMILES string of the molecule is O=c1nc([O-])ccn1[C@@H]1O[C@H](COP(=O)([O-])O)[C@@H](O)[C@H]1O.[Cd+2]. The number of aromatic nitrogens is 2. The van der Waals surface area contributed by atoms with E-state index in [-0.39, 0.29) is 27.3 Å². The van der Waals surface area contributed by atoms with Crippen molar-refractivity contribution in [2.75, 3.05) is 6.61 Å². The van der Waals surface area contributed by atoms with E-state index in [4.69, 9.17) is 9.63 Å². The normalized spacial score (nSPS) is 30.5. The monoisotopic (exact) mass is 436 g/mol. The topological polar surface area (TPSA) is 177 Å². The quantitative estimate of drug-likeness (QED) is 0.317. The van der Waals surface area contributed by atoms with E-state index >= 15 is 0 Å². The van der Waals surface area contributed by atoms with Gasteiger partial charge in [-0.15, -0.1) is 0 Å². The van der Waals surface area contributed by atoms with Crippen LogP contribution in [0.1, 0.15) is 6.23 Å². The summed E-state index contributed by atoms with van der Waals surface area (Å²) in [4.78, 5) is 33.6. The summed E-state index contributed by atoms with van der Waals surface area (Å²) < 4.78 is 20.4. The summed E-state index contributed by atoms with van der Waals surface area (Å²) in [5.41, 5.74) is -1.00. The number of rotatable bonds is 4. The minimum atomic E-state index is -5.02. The molecule has 1 aliphatic rings. The van der Waals surface area contributed by atoms with E-state index in [1.54, 1.807) is 0 Å². The van der Waals surface area contributed by atoms with Crippen molar-refractivity contribution < 1.29 is 66.2 Å². The summed E-state index contributed by atoms with van der Waals surface area (Å²) in [6.07, 6.45) is -4.82. The smallest absolute Gasteiger partial charge is 0.858 e. The van der Waals surface area contributed by atoms with Gasteiger partial charge in [0.25, 0.3) is 7.82 Å². The van der Waals surface area contributed by atoms with Crippen LogP contribution < -0.4 is 15.7 Å². The Hall–Kier alpha value is -0.408. The van der Waals surface area contributed by atoms with Gasteiger partial charge in [-0.3, -0.25) is 9.13 Å². The van der Waals surface area contributed by atoms with E-state index < -0.39 is 50.5 Å². The standard InChI is InChI=1S/C9H13N2O9P.Cd/c12-5-1-2-11(9(15)10-5)8-7(14)6(13)4(20-8)3-19-21(16,17)18;/h1-2,4,6-8,13-14H,3H2,(H,10,12,15)(H2,16,17,18);/q;+2/p-2/t4-,6-,7-,8-;/m1./s1. The molecule has 22 heavy (non-hydrogen) atoms. The van der Waals surface area contributed by atoms with Gasteiger partial charge in [0, 0.05) is 6.20 Å².